The SMILES string of the molecule is Cc1ncc(CO)c(CNCCCSCNc2ncnc3c2ncn3[C@@H]2O[C@H](CO)[C@@H](O)[C@H]2O)c1O. The molecule has 1 fully saturated rings. The van der Waals surface area contributed by atoms with E-state index in [1.54, 1.807) is 24.9 Å². The van der Waals surface area contributed by atoms with Crippen LogP contribution < -0.4 is 10.6 Å². The van der Waals surface area contributed by atoms with Crippen molar-refractivity contribution in [1.29, 1.82) is 0 Å². The summed E-state index contributed by atoms with van der Waals surface area (Å²) >= 11 is 1.68. The van der Waals surface area contributed by atoms with Crippen LogP contribution in [0.4, 0.5) is 5.82 Å². The number of ether oxygens (including phenoxy) is 1. The minimum atomic E-state index is -1.23. The van der Waals surface area contributed by atoms with Crippen molar-refractivity contribution in [1.82, 2.24) is 29.8 Å². The van der Waals surface area contributed by atoms with E-state index in [9.17, 15) is 25.5 Å². The molecule has 1 saturated heterocycles. The van der Waals surface area contributed by atoms with E-state index in [4.69, 9.17) is 4.74 Å². The van der Waals surface area contributed by atoms with Crippen LogP contribution in [0.5, 0.6) is 5.75 Å². The van der Waals surface area contributed by atoms with E-state index >= 15 is 0 Å². The Morgan fingerprint density at radius 1 is 1.14 bits per heavy atom. The van der Waals surface area contributed by atoms with Crippen LogP contribution in [-0.2, 0) is 17.9 Å². The van der Waals surface area contributed by atoms with Gasteiger partial charge in [0.1, 0.15) is 30.4 Å². The van der Waals surface area contributed by atoms with Gasteiger partial charge in [-0.1, -0.05) is 0 Å². The number of anilines is 1. The van der Waals surface area contributed by atoms with Crippen LogP contribution in [0.25, 0.3) is 11.2 Å². The van der Waals surface area contributed by atoms with E-state index in [2.05, 4.69) is 30.6 Å². The monoisotopic (exact) mass is 521 g/mol. The Hall–Kier alpha value is -2.59. The maximum absolute atomic E-state index is 10.3. The van der Waals surface area contributed by atoms with Gasteiger partial charge in [0.2, 0.25) is 0 Å². The highest BCUT2D eigenvalue weighted by molar-refractivity contribution is 7.99. The van der Waals surface area contributed by atoms with E-state index in [0.717, 1.165) is 18.7 Å². The van der Waals surface area contributed by atoms with Crippen molar-refractivity contribution in [3.8, 4) is 5.75 Å². The minimum Gasteiger partial charge on any atom is -0.506 e. The van der Waals surface area contributed by atoms with Gasteiger partial charge in [-0.05, 0) is 25.6 Å². The zero-order valence-corrected chi connectivity index (χ0v) is 20.6. The highest BCUT2D eigenvalue weighted by atomic mass is 32.2. The number of pyridine rings is 1. The summed E-state index contributed by atoms with van der Waals surface area (Å²) in [6.07, 6.45) is 1.09. The molecule has 13 nitrogen and oxygen atoms in total. The summed E-state index contributed by atoms with van der Waals surface area (Å²) in [6, 6.07) is 0. The molecule has 4 heterocycles. The van der Waals surface area contributed by atoms with Gasteiger partial charge in [0, 0.05) is 23.9 Å². The second-order valence-corrected chi connectivity index (χ2v) is 9.49. The number of fused-ring (bicyclic) bond motifs is 1. The summed E-state index contributed by atoms with van der Waals surface area (Å²) in [6.45, 7) is 2.33. The molecule has 3 aromatic rings. The number of aromatic nitrogens is 5. The Balaban J connectivity index is 1.24. The predicted octanol–water partition coefficient (Wildman–Crippen LogP) is -0.378. The van der Waals surface area contributed by atoms with Crippen LogP contribution in [0.3, 0.4) is 0 Å². The lowest BCUT2D eigenvalue weighted by Crippen LogP contribution is -2.33. The summed E-state index contributed by atoms with van der Waals surface area (Å²) in [5.41, 5.74) is 2.76. The number of aliphatic hydroxyl groups is 4. The summed E-state index contributed by atoms with van der Waals surface area (Å²) in [5, 5.41) is 55.8. The average molecular weight is 522 g/mol. The third kappa shape index (κ3) is 5.54. The quantitative estimate of drug-likeness (QED) is 0.121. The minimum absolute atomic E-state index is 0.115. The first-order chi connectivity index (χ1) is 17.5. The Kier molecular flexibility index (Phi) is 8.90. The number of aromatic hydroxyl groups is 1. The molecular formula is C22H31N7O6S. The Labute approximate surface area is 211 Å². The van der Waals surface area contributed by atoms with Gasteiger partial charge in [-0.2, -0.15) is 0 Å². The van der Waals surface area contributed by atoms with Gasteiger partial charge in [-0.3, -0.25) is 9.55 Å². The lowest BCUT2D eigenvalue weighted by Gasteiger charge is -2.16. The van der Waals surface area contributed by atoms with E-state index in [1.165, 1.54) is 17.2 Å². The molecule has 7 N–H and O–H groups in total. The maximum atomic E-state index is 10.3. The first kappa shape index (κ1) is 26.5. The number of nitrogens with one attached hydrogen (secondary N) is 2. The Morgan fingerprint density at radius 2 is 1.97 bits per heavy atom. The summed E-state index contributed by atoms with van der Waals surface area (Å²) in [5.74, 6) is 2.12. The van der Waals surface area contributed by atoms with Crippen molar-refractivity contribution in [2.75, 3.05) is 30.1 Å². The number of hydrogen-bond donors (Lipinski definition) is 7. The van der Waals surface area contributed by atoms with Crippen molar-refractivity contribution in [2.24, 2.45) is 0 Å². The molecule has 1 aliphatic rings. The van der Waals surface area contributed by atoms with Gasteiger partial charge in [-0.15, -0.1) is 11.8 Å². The van der Waals surface area contributed by atoms with Crippen LogP contribution in [-0.4, -0.2) is 93.1 Å². The Bertz CT molecular complexity index is 1170. The van der Waals surface area contributed by atoms with Gasteiger partial charge in [-0.25, -0.2) is 15.0 Å². The second kappa shape index (κ2) is 12.1. The lowest BCUT2D eigenvalue weighted by molar-refractivity contribution is -0.0511. The number of hydrogen-bond acceptors (Lipinski definition) is 13. The van der Waals surface area contributed by atoms with E-state index in [0.29, 0.717) is 46.2 Å². The molecule has 0 aliphatic carbocycles. The number of aryl methyl sites for hydroxylation is 1. The van der Waals surface area contributed by atoms with Crippen LogP contribution in [0.15, 0.2) is 18.9 Å². The van der Waals surface area contributed by atoms with E-state index in [-0.39, 0.29) is 12.4 Å². The highest BCUT2D eigenvalue weighted by Crippen LogP contribution is 2.32. The van der Waals surface area contributed by atoms with Gasteiger partial charge >= 0.3 is 0 Å². The van der Waals surface area contributed by atoms with Crippen LogP contribution in [0.1, 0.15) is 29.5 Å². The van der Waals surface area contributed by atoms with Crippen molar-refractivity contribution in [2.45, 2.75) is 51.0 Å². The molecule has 0 amide bonds. The molecule has 0 spiro atoms. The fraction of sp³-hybridized carbons (Fsp3) is 0.545. The largest absolute Gasteiger partial charge is 0.506 e. The third-order valence-corrected chi connectivity index (χ3v) is 6.96. The van der Waals surface area contributed by atoms with Crippen LogP contribution in [0, 0.1) is 6.92 Å². The van der Waals surface area contributed by atoms with Gasteiger partial charge < -0.3 is 40.9 Å². The molecule has 0 aromatic carbocycles. The molecule has 0 unspecified atom stereocenters. The van der Waals surface area contributed by atoms with Crippen molar-refractivity contribution in [3.63, 3.8) is 0 Å². The van der Waals surface area contributed by atoms with Gasteiger partial charge in [0.15, 0.2) is 23.2 Å². The zero-order valence-electron chi connectivity index (χ0n) is 19.8. The van der Waals surface area contributed by atoms with Crippen molar-refractivity contribution < 1.29 is 30.3 Å². The van der Waals surface area contributed by atoms with Crippen LogP contribution in [0.2, 0.25) is 0 Å². The number of thioether (sulfide) groups is 1. The van der Waals surface area contributed by atoms with Crippen molar-refractivity contribution >= 4 is 28.7 Å². The summed E-state index contributed by atoms with van der Waals surface area (Å²) < 4.78 is 7.10. The molecule has 14 heteroatoms. The highest BCUT2D eigenvalue weighted by Gasteiger charge is 2.44. The Morgan fingerprint density at radius 3 is 2.72 bits per heavy atom. The first-order valence-electron chi connectivity index (χ1n) is 11.6. The molecule has 196 valence electrons. The molecule has 3 aromatic heterocycles. The molecule has 4 atom stereocenters. The molecule has 0 bridgehead atoms. The zero-order chi connectivity index (χ0) is 25.7. The second-order valence-electron chi connectivity index (χ2n) is 8.39. The topological polar surface area (TPSA) is 191 Å². The van der Waals surface area contributed by atoms with E-state index in [1.807, 2.05) is 0 Å². The molecule has 36 heavy (non-hydrogen) atoms. The van der Waals surface area contributed by atoms with Gasteiger partial charge in [0.05, 0.1) is 31.1 Å². The fourth-order valence-electron chi connectivity index (χ4n) is 4.00. The summed E-state index contributed by atoms with van der Waals surface area (Å²) in [7, 11) is 0. The molecule has 1 aliphatic heterocycles. The summed E-state index contributed by atoms with van der Waals surface area (Å²) in [4.78, 5) is 16.9. The number of aliphatic hydroxyl groups excluding tert-OH is 4. The number of imidazole rings is 1. The predicted molar refractivity (Wildman–Crippen MR) is 132 cm³/mol. The maximum Gasteiger partial charge on any atom is 0.167 e. The molecular weight excluding hydrogens is 490 g/mol. The van der Waals surface area contributed by atoms with Crippen LogP contribution >= 0.6 is 11.8 Å². The fourth-order valence-corrected chi connectivity index (χ4v) is 4.73. The number of nitrogens with zero attached hydrogens (tertiary/aromatic N) is 5. The molecule has 4 rings (SSSR count). The number of rotatable bonds is 12. The lowest BCUT2D eigenvalue weighted by atomic mass is 10.1. The molecule has 0 radical (unpaired) electrons. The molecule has 0 saturated carbocycles. The van der Waals surface area contributed by atoms with E-state index < -0.39 is 31.1 Å². The normalized spacial score (nSPS) is 21.9. The third-order valence-electron chi connectivity index (χ3n) is 6.04. The van der Waals surface area contributed by atoms with Gasteiger partial charge in [0.25, 0.3) is 0 Å². The smallest absolute Gasteiger partial charge is 0.167 e. The first-order valence-corrected chi connectivity index (χ1v) is 12.7. The standard InChI is InChI=1S/C22H31N7O6S/c1-12-17(32)14(13(7-30)5-24-12)6-23-3-2-4-36-11-28-20-16-21(26-9-25-20)29(10-27-16)22-19(34)18(33)15(8-31)35-22/h5,9-10,15,18-19,22-23,30-34H,2-4,6-8,11H2,1H3,(H,25,26,28)/t15-,18-,19-,22-/m1/s1. The average Bonchev–Trinajstić information content (AvgIpc) is 3.44. The van der Waals surface area contributed by atoms with Crippen molar-refractivity contribution in [3.05, 3.63) is 35.7 Å².